The third-order valence-electron chi connectivity index (χ3n) is 2.61. The van der Waals surface area contributed by atoms with E-state index >= 15 is 0 Å². The van der Waals surface area contributed by atoms with E-state index in [4.69, 9.17) is 0 Å². The van der Waals surface area contributed by atoms with E-state index in [-0.39, 0.29) is 18.4 Å². The van der Waals surface area contributed by atoms with Crippen LogP contribution in [-0.2, 0) is 9.59 Å². The van der Waals surface area contributed by atoms with E-state index in [1.165, 1.54) is 0 Å². The molecule has 2 amide bonds. The number of carbonyl (C=O) groups excluding carboxylic acids is 2. The first-order valence-corrected chi connectivity index (χ1v) is 6.27. The molecule has 0 radical (unpaired) electrons. The van der Waals surface area contributed by atoms with Gasteiger partial charge in [-0.25, -0.2) is 0 Å². The van der Waals surface area contributed by atoms with Gasteiger partial charge in [0.1, 0.15) is 0 Å². The topological polar surface area (TPSA) is 49.4 Å². The fourth-order valence-electron chi connectivity index (χ4n) is 1.81. The van der Waals surface area contributed by atoms with Crippen LogP contribution in [0.15, 0.2) is 28.7 Å². The number of nitrogens with zero attached hydrogens (tertiary/aromatic N) is 1. The molecule has 0 spiro atoms. The highest BCUT2D eigenvalue weighted by Gasteiger charge is 2.22. The van der Waals surface area contributed by atoms with Gasteiger partial charge in [0.15, 0.2) is 0 Å². The average molecular weight is 297 g/mol. The van der Waals surface area contributed by atoms with Crippen molar-refractivity contribution in [3.05, 3.63) is 28.7 Å². The standard InChI is InChI=1S/C12H13BrN2O2/c13-9-3-1-4-10(7-9)14-11(16)8-15-6-2-5-12(15)17/h1,3-4,7H,2,5-6,8H2,(H,14,16). The molecule has 1 aliphatic heterocycles. The maximum atomic E-state index is 11.7. The van der Waals surface area contributed by atoms with Crippen LogP contribution >= 0.6 is 15.9 Å². The third-order valence-corrected chi connectivity index (χ3v) is 3.11. The van der Waals surface area contributed by atoms with Crippen LogP contribution in [0.25, 0.3) is 0 Å². The molecule has 1 fully saturated rings. The Bertz CT molecular complexity index is 448. The second-order valence-corrected chi connectivity index (χ2v) is 4.89. The summed E-state index contributed by atoms with van der Waals surface area (Å²) in [7, 11) is 0. The summed E-state index contributed by atoms with van der Waals surface area (Å²) in [6.07, 6.45) is 1.41. The third kappa shape index (κ3) is 3.30. The minimum Gasteiger partial charge on any atom is -0.333 e. The second kappa shape index (κ2) is 5.31. The first kappa shape index (κ1) is 12.1. The van der Waals surface area contributed by atoms with Crippen LogP contribution in [-0.4, -0.2) is 29.8 Å². The zero-order valence-electron chi connectivity index (χ0n) is 9.28. The lowest BCUT2D eigenvalue weighted by molar-refractivity contribution is -0.131. The van der Waals surface area contributed by atoms with Gasteiger partial charge >= 0.3 is 0 Å². The van der Waals surface area contributed by atoms with Crippen molar-refractivity contribution in [3.8, 4) is 0 Å². The number of hydrogen-bond acceptors (Lipinski definition) is 2. The summed E-state index contributed by atoms with van der Waals surface area (Å²) >= 11 is 3.33. The zero-order chi connectivity index (χ0) is 12.3. The molecule has 1 N–H and O–H groups in total. The van der Waals surface area contributed by atoms with Crippen LogP contribution < -0.4 is 5.32 Å². The summed E-state index contributed by atoms with van der Waals surface area (Å²) in [5.41, 5.74) is 0.732. The van der Waals surface area contributed by atoms with Crippen molar-refractivity contribution in [2.24, 2.45) is 0 Å². The normalized spacial score (nSPS) is 15.1. The SMILES string of the molecule is O=C(CN1CCCC1=O)Nc1cccc(Br)c1. The first-order chi connectivity index (χ1) is 8.15. The van der Waals surface area contributed by atoms with Gasteiger partial charge in [-0.2, -0.15) is 0 Å². The number of nitrogens with one attached hydrogen (secondary N) is 1. The van der Waals surface area contributed by atoms with Crippen LogP contribution in [0.2, 0.25) is 0 Å². The molecule has 4 nitrogen and oxygen atoms in total. The van der Waals surface area contributed by atoms with E-state index in [0.717, 1.165) is 16.6 Å². The Morgan fingerprint density at radius 3 is 2.94 bits per heavy atom. The molecule has 1 saturated heterocycles. The van der Waals surface area contributed by atoms with Gasteiger partial charge in [0.05, 0.1) is 6.54 Å². The van der Waals surface area contributed by atoms with Crippen LogP contribution in [0.5, 0.6) is 0 Å². The van der Waals surface area contributed by atoms with Crippen LogP contribution in [0.4, 0.5) is 5.69 Å². The van der Waals surface area contributed by atoms with E-state index in [1.54, 1.807) is 4.90 Å². The Kier molecular flexibility index (Phi) is 3.78. The molecular weight excluding hydrogens is 284 g/mol. The Balaban J connectivity index is 1.91. The summed E-state index contributed by atoms with van der Waals surface area (Å²) in [5.74, 6) is -0.0901. The zero-order valence-corrected chi connectivity index (χ0v) is 10.9. The molecule has 2 rings (SSSR count). The lowest BCUT2D eigenvalue weighted by Gasteiger charge is -2.14. The molecule has 1 heterocycles. The van der Waals surface area contributed by atoms with Crippen molar-refractivity contribution in [3.63, 3.8) is 0 Å². The average Bonchev–Trinajstić information content (AvgIpc) is 2.64. The van der Waals surface area contributed by atoms with Crippen molar-refractivity contribution in [2.45, 2.75) is 12.8 Å². The minimum atomic E-state index is -0.154. The monoisotopic (exact) mass is 296 g/mol. The lowest BCUT2D eigenvalue weighted by Crippen LogP contribution is -2.33. The van der Waals surface area contributed by atoms with E-state index in [9.17, 15) is 9.59 Å². The van der Waals surface area contributed by atoms with Gasteiger partial charge in [-0.1, -0.05) is 22.0 Å². The highest BCUT2D eigenvalue weighted by molar-refractivity contribution is 9.10. The maximum absolute atomic E-state index is 11.7. The number of likely N-dealkylation sites (tertiary alicyclic amines) is 1. The maximum Gasteiger partial charge on any atom is 0.243 e. The van der Waals surface area contributed by atoms with Gasteiger partial charge < -0.3 is 10.2 Å². The number of benzene rings is 1. The second-order valence-electron chi connectivity index (χ2n) is 3.98. The van der Waals surface area contributed by atoms with Gasteiger partial charge in [-0.05, 0) is 24.6 Å². The van der Waals surface area contributed by atoms with Gasteiger partial charge in [-0.15, -0.1) is 0 Å². The van der Waals surface area contributed by atoms with Crippen LogP contribution in [0.3, 0.4) is 0 Å². The fourth-order valence-corrected chi connectivity index (χ4v) is 2.21. The van der Waals surface area contributed by atoms with Gasteiger partial charge in [0, 0.05) is 23.1 Å². The quantitative estimate of drug-likeness (QED) is 0.928. The highest BCUT2D eigenvalue weighted by Crippen LogP contribution is 2.16. The van der Waals surface area contributed by atoms with E-state index < -0.39 is 0 Å². The smallest absolute Gasteiger partial charge is 0.243 e. The predicted molar refractivity (Wildman–Crippen MR) is 68.6 cm³/mol. The molecule has 0 aromatic heterocycles. The predicted octanol–water partition coefficient (Wildman–Crippen LogP) is 2.01. The van der Waals surface area contributed by atoms with Crippen molar-refractivity contribution < 1.29 is 9.59 Å². The fraction of sp³-hybridized carbons (Fsp3) is 0.333. The molecule has 17 heavy (non-hydrogen) atoms. The molecule has 1 aliphatic rings. The number of rotatable bonds is 3. The molecular formula is C12H13BrN2O2. The lowest BCUT2D eigenvalue weighted by atomic mass is 10.3. The summed E-state index contributed by atoms with van der Waals surface area (Å²) in [6, 6.07) is 7.37. The Morgan fingerprint density at radius 1 is 1.47 bits per heavy atom. The largest absolute Gasteiger partial charge is 0.333 e. The van der Waals surface area contributed by atoms with Gasteiger partial charge in [-0.3, -0.25) is 9.59 Å². The first-order valence-electron chi connectivity index (χ1n) is 5.48. The Morgan fingerprint density at radius 2 is 2.29 bits per heavy atom. The van der Waals surface area contributed by atoms with Crippen LogP contribution in [0.1, 0.15) is 12.8 Å². The molecule has 0 atom stereocenters. The Hall–Kier alpha value is -1.36. The van der Waals surface area contributed by atoms with Gasteiger partial charge in [0.2, 0.25) is 11.8 Å². The summed E-state index contributed by atoms with van der Waals surface area (Å²) < 4.78 is 0.910. The Labute approximate surface area is 108 Å². The van der Waals surface area contributed by atoms with Crippen LogP contribution in [0, 0.1) is 0 Å². The summed E-state index contributed by atoms with van der Waals surface area (Å²) in [6.45, 7) is 0.829. The highest BCUT2D eigenvalue weighted by atomic mass is 79.9. The van der Waals surface area contributed by atoms with Crippen molar-refractivity contribution >= 4 is 33.4 Å². The van der Waals surface area contributed by atoms with E-state index in [1.807, 2.05) is 24.3 Å². The molecule has 0 bridgehead atoms. The number of carbonyl (C=O) groups is 2. The molecule has 5 heteroatoms. The minimum absolute atomic E-state index is 0.0643. The van der Waals surface area contributed by atoms with Crippen molar-refractivity contribution in [1.82, 2.24) is 4.90 Å². The molecule has 1 aromatic rings. The summed E-state index contributed by atoms with van der Waals surface area (Å²) in [4.78, 5) is 24.7. The molecule has 0 aliphatic carbocycles. The number of amides is 2. The van der Waals surface area contributed by atoms with E-state index in [2.05, 4.69) is 21.2 Å². The number of anilines is 1. The summed E-state index contributed by atoms with van der Waals surface area (Å²) in [5, 5.41) is 2.77. The number of halogens is 1. The molecule has 90 valence electrons. The van der Waals surface area contributed by atoms with E-state index in [0.29, 0.717) is 13.0 Å². The molecule has 0 unspecified atom stereocenters. The van der Waals surface area contributed by atoms with Gasteiger partial charge in [0.25, 0.3) is 0 Å². The number of hydrogen-bond donors (Lipinski definition) is 1. The molecule has 0 saturated carbocycles. The molecule has 1 aromatic carbocycles. The van der Waals surface area contributed by atoms with Crippen molar-refractivity contribution in [1.29, 1.82) is 0 Å². The van der Waals surface area contributed by atoms with Crippen molar-refractivity contribution in [2.75, 3.05) is 18.4 Å².